The molecule has 3 aliphatic rings. The van der Waals surface area contributed by atoms with Crippen LogP contribution in [0.15, 0.2) is 0 Å². The lowest BCUT2D eigenvalue weighted by atomic mass is 9.89. The summed E-state index contributed by atoms with van der Waals surface area (Å²) in [5, 5.41) is 0. The van der Waals surface area contributed by atoms with Gasteiger partial charge in [-0.2, -0.15) is 0 Å². The van der Waals surface area contributed by atoms with Crippen molar-refractivity contribution in [1.29, 1.82) is 0 Å². The smallest absolute Gasteiger partial charge is 0.0139 e. The summed E-state index contributed by atoms with van der Waals surface area (Å²) in [5.41, 5.74) is 0. The molecule has 3 rings (SSSR count). The highest BCUT2D eigenvalue weighted by Gasteiger charge is 2.44. The Labute approximate surface area is 81.5 Å². The molecule has 3 atom stereocenters. The first-order valence-electron chi connectivity index (χ1n) is 6.10. The van der Waals surface area contributed by atoms with Gasteiger partial charge in [0.05, 0.1) is 0 Å². The van der Waals surface area contributed by atoms with Crippen molar-refractivity contribution in [3.63, 3.8) is 0 Å². The van der Waals surface area contributed by atoms with Crippen molar-refractivity contribution in [2.75, 3.05) is 6.54 Å². The Morgan fingerprint density at radius 2 is 2.08 bits per heavy atom. The molecule has 1 nitrogen and oxygen atoms in total. The molecule has 2 aliphatic carbocycles. The second-order valence-corrected chi connectivity index (χ2v) is 5.48. The Kier molecular flexibility index (Phi) is 1.90. The third-order valence-corrected chi connectivity index (χ3v) is 4.43. The average Bonchev–Trinajstić information content (AvgIpc) is 2.79. The minimum absolute atomic E-state index is 0.895. The van der Waals surface area contributed by atoms with Crippen LogP contribution in [0.1, 0.15) is 45.4 Å². The van der Waals surface area contributed by atoms with Gasteiger partial charge >= 0.3 is 0 Å². The Bertz CT molecular complexity index is 197. The first-order valence-corrected chi connectivity index (χ1v) is 6.10. The maximum atomic E-state index is 2.79. The lowest BCUT2D eigenvalue weighted by molar-refractivity contribution is -0.00132. The molecule has 0 aromatic heterocycles. The molecule has 0 aromatic rings. The lowest BCUT2D eigenvalue weighted by Gasteiger charge is -2.48. The fourth-order valence-corrected chi connectivity index (χ4v) is 3.41. The standard InChI is InChI=1S/C12H21N/c1-9(7-10-5-6-10)13-8-11-3-2-4-12(11)13/h9-12H,2-8H2,1H3. The molecule has 0 bridgehead atoms. The van der Waals surface area contributed by atoms with Crippen molar-refractivity contribution in [1.82, 2.24) is 4.90 Å². The molecule has 0 amide bonds. The maximum Gasteiger partial charge on any atom is 0.0139 e. The minimum Gasteiger partial charge on any atom is -0.297 e. The molecule has 3 fully saturated rings. The van der Waals surface area contributed by atoms with Crippen LogP contribution in [0.25, 0.3) is 0 Å². The zero-order valence-electron chi connectivity index (χ0n) is 8.71. The predicted molar refractivity (Wildman–Crippen MR) is 54.6 cm³/mol. The number of hydrogen-bond donors (Lipinski definition) is 0. The van der Waals surface area contributed by atoms with E-state index in [2.05, 4.69) is 11.8 Å². The van der Waals surface area contributed by atoms with Crippen LogP contribution in [-0.2, 0) is 0 Å². The van der Waals surface area contributed by atoms with Crippen LogP contribution in [0.2, 0.25) is 0 Å². The van der Waals surface area contributed by atoms with Gasteiger partial charge in [0.15, 0.2) is 0 Å². The summed E-state index contributed by atoms with van der Waals surface area (Å²) in [4.78, 5) is 2.79. The molecular formula is C12H21N. The SMILES string of the molecule is CC(CC1CC1)N1CC2CCCC21. The highest BCUT2D eigenvalue weighted by Crippen LogP contribution is 2.43. The largest absolute Gasteiger partial charge is 0.297 e. The predicted octanol–water partition coefficient (Wildman–Crippen LogP) is 2.66. The quantitative estimate of drug-likeness (QED) is 0.644. The summed E-state index contributed by atoms with van der Waals surface area (Å²) in [6.07, 6.45) is 9.06. The summed E-state index contributed by atoms with van der Waals surface area (Å²) < 4.78 is 0. The van der Waals surface area contributed by atoms with Gasteiger partial charge in [-0.3, -0.25) is 4.90 Å². The second kappa shape index (κ2) is 2.98. The molecule has 0 N–H and O–H groups in total. The lowest BCUT2D eigenvalue weighted by Crippen LogP contribution is -2.57. The average molecular weight is 179 g/mol. The number of fused-ring (bicyclic) bond motifs is 1. The van der Waals surface area contributed by atoms with Gasteiger partial charge in [-0.1, -0.05) is 19.3 Å². The van der Waals surface area contributed by atoms with Crippen LogP contribution in [0.3, 0.4) is 0 Å². The topological polar surface area (TPSA) is 3.24 Å². The molecule has 0 spiro atoms. The zero-order chi connectivity index (χ0) is 8.84. The van der Waals surface area contributed by atoms with E-state index in [9.17, 15) is 0 Å². The Balaban J connectivity index is 1.54. The van der Waals surface area contributed by atoms with Gasteiger partial charge in [0.2, 0.25) is 0 Å². The van der Waals surface area contributed by atoms with Gasteiger partial charge in [-0.05, 0) is 38.0 Å². The maximum absolute atomic E-state index is 2.79. The van der Waals surface area contributed by atoms with E-state index in [1.807, 2.05) is 0 Å². The van der Waals surface area contributed by atoms with E-state index in [0.29, 0.717) is 0 Å². The first kappa shape index (κ1) is 8.28. The molecule has 2 saturated carbocycles. The van der Waals surface area contributed by atoms with E-state index in [1.54, 1.807) is 0 Å². The van der Waals surface area contributed by atoms with Crippen LogP contribution in [0, 0.1) is 11.8 Å². The molecule has 0 radical (unpaired) electrons. The Morgan fingerprint density at radius 3 is 2.77 bits per heavy atom. The summed E-state index contributed by atoms with van der Waals surface area (Å²) in [6, 6.07) is 1.90. The fraction of sp³-hybridized carbons (Fsp3) is 1.00. The molecular weight excluding hydrogens is 158 g/mol. The van der Waals surface area contributed by atoms with Crippen molar-refractivity contribution in [2.24, 2.45) is 11.8 Å². The third-order valence-electron chi connectivity index (χ3n) is 4.43. The van der Waals surface area contributed by atoms with Gasteiger partial charge in [-0.15, -0.1) is 0 Å². The van der Waals surface area contributed by atoms with Crippen molar-refractivity contribution >= 4 is 0 Å². The molecule has 1 heteroatoms. The number of nitrogens with zero attached hydrogens (tertiary/aromatic N) is 1. The van der Waals surface area contributed by atoms with E-state index < -0.39 is 0 Å². The number of rotatable bonds is 3. The van der Waals surface area contributed by atoms with E-state index in [1.165, 1.54) is 45.1 Å². The summed E-state index contributed by atoms with van der Waals surface area (Å²) >= 11 is 0. The van der Waals surface area contributed by atoms with E-state index in [0.717, 1.165) is 23.9 Å². The van der Waals surface area contributed by atoms with Gasteiger partial charge in [0.1, 0.15) is 0 Å². The zero-order valence-corrected chi connectivity index (χ0v) is 8.71. The third kappa shape index (κ3) is 1.41. The summed E-state index contributed by atoms with van der Waals surface area (Å²) in [6.45, 7) is 3.88. The van der Waals surface area contributed by atoms with E-state index in [-0.39, 0.29) is 0 Å². The van der Waals surface area contributed by atoms with Crippen molar-refractivity contribution in [2.45, 2.75) is 57.5 Å². The monoisotopic (exact) mass is 179 g/mol. The van der Waals surface area contributed by atoms with Crippen molar-refractivity contribution in [3.05, 3.63) is 0 Å². The van der Waals surface area contributed by atoms with E-state index in [4.69, 9.17) is 0 Å². The van der Waals surface area contributed by atoms with Crippen LogP contribution < -0.4 is 0 Å². The molecule has 1 saturated heterocycles. The Morgan fingerprint density at radius 1 is 1.23 bits per heavy atom. The second-order valence-electron chi connectivity index (χ2n) is 5.48. The van der Waals surface area contributed by atoms with Crippen molar-refractivity contribution in [3.8, 4) is 0 Å². The fourth-order valence-electron chi connectivity index (χ4n) is 3.41. The van der Waals surface area contributed by atoms with Crippen molar-refractivity contribution < 1.29 is 0 Å². The number of hydrogen-bond acceptors (Lipinski definition) is 1. The highest BCUT2D eigenvalue weighted by molar-refractivity contribution is 4.98. The molecule has 1 heterocycles. The van der Waals surface area contributed by atoms with Gasteiger partial charge in [-0.25, -0.2) is 0 Å². The highest BCUT2D eigenvalue weighted by atomic mass is 15.3. The van der Waals surface area contributed by atoms with Gasteiger partial charge in [0.25, 0.3) is 0 Å². The Hall–Kier alpha value is -0.0400. The molecule has 13 heavy (non-hydrogen) atoms. The summed E-state index contributed by atoms with van der Waals surface area (Å²) in [7, 11) is 0. The molecule has 1 aliphatic heterocycles. The number of likely N-dealkylation sites (tertiary alicyclic amines) is 1. The normalized spacial score (nSPS) is 41.3. The van der Waals surface area contributed by atoms with Crippen LogP contribution in [-0.4, -0.2) is 23.5 Å². The van der Waals surface area contributed by atoms with Crippen LogP contribution in [0.4, 0.5) is 0 Å². The van der Waals surface area contributed by atoms with Crippen LogP contribution >= 0.6 is 0 Å². The van der Waals surface area contributed by atoms with Gasteiger partial charge in [0, 0.05) is 18.6 Å². The molecule has 74 valence electrons. The molecule has 3 unspecified atom stereocenters. The molecule has 0 aromatic carbocycles. The summed E-state index contributed by atoms with van der Waals surface area (Å²) in [5.74, 6) is 2.21. The first-order chi connectivity index (χ1) is 6.34. The minimum atomic E-state index is 0.895. The van der Waals surface area contributed by atoms with E-state index >= 15 is 0 Å². The van der Waals surface area contributed by atoms with Gasteiger partial charge < -0.3 is 0 Å². The van der Waals surface area contributed by atoms with Crippen LogP contribution in [0.5, 0.6) is 0 Å².